The summed E-state index contributed by atoms with van der Waals surface area (Å²) in [4.78, 5) is 28.3. The van der Waals surface area contributed by atoms with Gasteiger partial charge in [0.1, 0.15) is 11.9 Å². The van der Waals surface area contributed by atoms with Gasteiger partial charge < -0.3 is 34.4 Å². The molecule has 166 valence electrons. The van der Waals surface area contributed by atoms with Gasteiger partial charge in [0.15, 0.2) is 0 Å². The van der Waals surface area contributed by atoms with E-state index in [2.05, 4.69) is 5.32 Å². The number of ether oxygens (including phenoxy) is 3. The van der Waals surface area contributed by atoms with E-state index in [0.29, 0.717) is 30.7 Å². The van der Waals surface area contributed by atoms with Crippen LogP contribution in [0.25, 0.3) is 0 Å². The quantitative estimate of drug-likeness (QED) is 0.761. The summed E-state index contributed by atoms with van der Waals surface area (Å²) in [5, 5.41) is 13.1. The molecule has 9 heteroatoms. The molecule has 0 aliphatic carbocycles. The van der Waals surface area contributed by atoms with Crippen LogP contribution >= 0.6 is 0 Å². The number of methoxy groups -OCH3 is 1. The highest BCUT2D eigenvalue weighted by atomic mass is 16.5. The van der Waals surface area contributed by atoms with Gasteiger partial charge in [-0.1, -0.05) is 6.07 Å². The van der Waals surface area contributed by atoms with E-state index >= 15 is 0 Å². The van der Waals surface area contributed by atoms with Crippen LogP contribution in [0, 0.1) is 0 Å². The number of hydrogen-bond donors (Lipinski definition) is 2. The predicted molar refractivity (Wildman–Crippen MR) is 111 cm³/mol. The highest BCUT2D eigenvalue weighted by Gasteiger charge is 2.40. The Morgan fingerprint density at radius 1 is 1.30 bits per heavy atom. The van der Waals surface area contributed by atoms with Gasteiger partial charge in [0, 0.05) is 25.8 Å². The molecule has 2 N–H and O–H groups in total. The molecule has 2 fully saturated rings. The number of carbonyl (C=O) groups excluding carboxylic acids is 2. The Labute approximate surface area is 176 Å². The molecule has 0 bridgehead atoms. The molecule has 1 aromatic rings. The highest BCUT2D eigenvalue weighted by Crippen LogP contribution is 2.28. The van der Waals surface area contributed by atoms with Crippen molar-refractivity contribution in [1.82, 2.24) is 9.80 Å². The first-order valence-electron chi connectivity index (χ1n) is 10.2. The van der Waals surface area contributed by atoms with Crippen molar-refractivity contribution in [3.05, 3.63) is 24.3 Å². The SMILES string of the molecule is COc1cccc(NC(=O)N2C[C@@H](O)COC[C@@H]3O[C@@H](CC(=O)N(C)C)CC[C@H]32)c1. The molecule has 0 aromatic heterocycles. The topological polar surface area (TPSA) is 101 Å². The van der Waals surface area contributed by atoms with Gasteiger partial charge in [0.05, 0.1) is 51.5 Å². The lowest BCUT2D eigenvalue weighted by Gasteiger charge is -2.44. The summed E-state index contributed by atoms with van der Waals surface area (Å²) >= 11 is 0. The van der Waals surface area contributed by atoms with Crippen LogP contribution in [-0.2, 0) is 14.3 Å². The van der Waals surface area contributed by atoms with E-state index in [0.717, 1.165) is 0 Å². The molecule has 3 amide bonds. The van der Waals surface area contributed by atoms with E-state index in [9.17, 15) is 14.7 Å². The van der Waals surface area contributed by atoms with Crippen molar-refractivity contribution in [2.45, 2.75) is 43.6 Å². The van der Waals surface area contributed by atoms with Gasteiger partial charge >= 0.3 is 6.03 Å². The van der Waals surface area contributed by atoms with E-state index in [1.54, 1.807) is 55.3 Å². The molecule has 0 unspecified atom stereocenters. The number of nitrogens with one attached hydrogen (secondary N) is 1. The van der Waals surface area contributed by atoms with E-state index in [1.165, 1.54) is 0 Å². The molecule has 2 saturated heterocycles. The third-order valence-electron chi connectivity index (χ3n) is 5.46. The van der Waals surface area contributed by atoms with Gasteiger partial charge in [-0.25, -0.2) is 4.79 Å². The zero-order valence-corrected chi connectivity index (χ0v) is 17.7. The first kappa shape index (κ1) is 22.3. The number of β-amino-alcohol motifs (C(OH)–C–C–N with tert-alkyl or cyclic N) is 1. The monoisotopic (exact) mass is 421 g/mol. The number of carbonyl (C=O) groups is 2. The van der Waals surface area contributed by atoms with Gasteiger partial charge in [-0.15, -0.1) is 0 Å². The smallest absolute Gasteiger partial charge is 0.322 e. The average molecular weight is 421 g/mol. The fourth-order valence-corrected chi connectivity index (χ4v) is 3.85. The fourth-order valence-electron chi connectivity index (χ4n) is 3.85. The standard InChI is InChI=1S/C21H31N3O6/c1-23(2)20(26)10-17-7-8-18-19(30-17)13-29-12-15(25)11-24(18)21(27)22-14-5-4-6-16(9-14)28-3/h4-6,9,15,17-19,25H,7-8,10-13H2,1-3H3,(H,22,27)/t15-,17-,18-,19+/m1/s1. The van der Waals surface area contributed by atoms with Crippen molar-refractivity contribution in [1.29, 1.82) is 0 Å². The third kappa shape index (κ3) is 5.62. The number of fused-ring (bicyclic) bond motifs is 1. The Morgan fingerprint density at radius 3 is 2.83 bits per heavy atom. The maximum Gasteiger partial charge on any atom is 0.322 e. The lowest BCUT2D eigenvalue weighted by Crippen LogP contribution is -2.58. The lowest BCUT2D eigenvalue weighted by atomic mass is 9.95. The second kappa shape index (κ2) is 10.1. The minimum Gasteiger partial charge on any atom is -0.497 e. The molecule has 2 aliphatic heterocycles. The second-order valence-corrected chi connectivity index (χ2v) is 7.94. The summed E-state index contributed by atoms with van der Waals surface area (Å²) in [5.74, 6) is 0.648. The molecule has 1 aromatic carbocycles. The molecule has 9 nitrogen and oxygen atoms in total. The maximum atomic E-state index is 13.1. The molecule has 2 heterocycles. The summed E-state index contributed by atoms with van der Waals surface area (Å²) in [6.07, 6.45) is 0.265. The molecule has 0 saturated carbocycles. The fraction of sp³-hybridized carbons (Fsp3) is 0.619. The van der Waals surface area contributed by atoms with E-state index < -0.39 is 6.10 Å². The van der Waals surface area contributed by atoms with Crippen LogP contribution in [0.15, 0.2) is 24.3 Å². The Kier molecular flexibility index (Phi) is 7.52. The van der Waals surface area contributed by atoms with Gasteiger partial charge in [0.2, 0.25) is 5.91 Å². The number of amides is 3. The van der Waals surface area contributed by atoms with Crippen LogP contribution in [0.3, 0.4) is 0 Å². The summed E-state index contributed by atoms with van der Waals surface area (Å²) in [5.41, 5.74) is 0.606. The molecule has 30 heavy (non-hydrogen) atoms. The van der Waals surface area contributed by atoms with Crippen LogP contribution in [-0.4, -0.2) is 92.2 Å². The zero-order chi connectivity index (χ0) is 21.7. The minimum absolute atomic E-state index is 0.00765. The molecular weight excluding hydrogens is 390 g/mol. The van der Waals surface area contributed by atoms with Crippen molar-refractivity contribution in [2.24, 2.45) is 0 Å². The van der Waals surface area contributed by atoms with Crippen LogP contribution in [0.2, 0.25) is 0 Å². The normalized spacial score (nSPS) is 26.7. The number of benzene rings is 1. The zero-order valence-electron chi connectivity index (χ0n) is 17.7. The highest BCUT2D eigenvalue weighted by molar-refractivity contribution is 5.89. The van der Waals surface area contributed by atoms with Crippen molar-refractivity contribution in [3.63, 3.8) is 0 Å². The minimum atomic E-state index is -0.782. The molecule has 0 radical (unpaired) electrons. The van der Waals surface area contributed by atoms with Gasteiger partial charge in [-0.2, -0.15) is 0 Å². The first-order chi connectivity index (χ1) is 14.4. The van der Waals surface area contributed by atoms with Gasteiger partial charge in [-0.3, -0.25) is 4.79 Å². The molecule has 4 atom stereocenters. The molecule has 0 spiro atoms. The van der Waals surface area contributed by atoms with Crippen LogP contribution < -0.4 is 10.1 Å². The summed E-state index contributed by atoms with van der Waals surface area (Å²) in [7, 11) is 5.01. The second-order valence-electron chi connectivity index (χ2n) is 7.94. The maximum absolute atomic E-state index is 13.1. The van der Waals surface area contributed by atoms with Crippen LogP contribution in [0.4, 0.5) is 10.5 Å². The summed E-state index contributed by atoms with van der Waals surface area (Å²) in [6.45, 7) is 0.524. The molecule has 2 aliphatic rings. The van der Waals surface area contributed by atoms with Crippen LogP contribution in [0.5, 0.6) is 5.75 Å². The Hall–Kier alpha value is -2.36. The number of urea groups is 1. The van der Waals surface area contributed by atoms with Crippen molar-refractivity contribution < 1.29 is 28.9 Å². The number of nitrogens with zero attached hydrogens (tertiary/aromatic N) is 2. The Morgan fingerprint density at radius 2 is 2.10 bits per heavy atom. The summed E-state index contributed by atoms with van der Waals surface area (Å²) in [6, 6.07) is 6.54. The largest absolute Gasteiger partial charge is 0.497 e. The first-order valence-corrected chi connectivity index (χ1v) is 10.2. The predicted octanol–water partition coefficient (Wildman–Crippen LogP) is 1.31. The van der Waals surface area contributed by atoms with E-state index in [1.807, 2.05) is 0 Å². The lowest BCUT2D eigenvalue weighted by molar-refractivity contribution is -0.153. The van der Waals surface area contributed by atoms with E-state index in [-0.39, 0.29) is 49.9 Å². The number of rotatable bonds is 4. The number of aliphatic hydroxyl groups is 1. The number of anilines is 1. The summed E-state index contributed by atoms with van der Waals surface area (Å²) < 4.78 is 17.0. The third-order valence-corrected chi connectivity index (χ3v) is 5.46. The van der Waals surface area contributed by atoms with Crippen LogP contribution in [0.1, 0.15) is 19.3 Å². The van der Waals surface area contributed by atoms with Crippen molar-refractivity contribution in [3.8, 4) is 5.75 Å². The number of hydrogen-bond acceptors (Lipinski definition) is 6. The van der Waals surface area contributed by atoms with Gasteiger partial charge in [0.25, 0.3) is 0 Å². The average Bonchev–Trinajstić information content (AvgIpc) is 2.71. The van der Waals surface area contributed by atoms with Gasteiger partial charge in [-0.05, 0) is 25.0 Å². The Bertz CT molecular complexity index is 743. The van der Waals surface area contributed by atoms with Crippen molar-refractivity contribution >= 4 is 17.6 Å². The van der Waals surface area contributed by atoms with E-state index in [4.69, 9.17) is 14.2 Å². The van der Waals surface area contributed by atoms with Crippen molar-refractivity contribution in [2.75, 3.05) is 46.3 Å². The molecular formula is C21H31N3O6. The Balaban J connectivity index is 1.71. The number of aliphatic hydroxyl groups excluding tert-OH is 1. The molecule has 3 rings (SSSR count).